The summed E-state index contributed by atoms with van der Waals surface area (Å²) in [5, 5.41) is 21.5. The van der Waals surface area contributed by atoms with Crippen molar-refractivity contribution in [1.82, 2.24) is 0 Å². The largest absolute Gasteiger partial charge is 0.507 e. The molecule has 0 unspecified atom stereocenters. The summed E-state index contributed by atoms with van der Waals surface area (Å²) in [5.41, 5.74) is 0.597. The Kier molecular flexibility index (Phi) is 4.90. The van der Waals surface area contributed by atoms with Gasteiger partial charge in [-0.15, -0.1) is 11.8 Å². The van der Waals surface area contributed by atoms with E-state index in [0.717, 1.165) is 5.75 Å². The van der Waals surface area contributed by atoms with Crippen molar-refractivity contribution in [1.29, 1.82) is 0 Å². The third kappa shape index (κ3) is 3.93. The average Bonchev–Trinajstić information content (AvgIpc) is 2.46. The highest BCUT2D eigenvalue weighted by Gasteiger charge is 2.09. The van der Waals surface area contributed by atoms with Gasteiger partial charge in [-0.1, -0.05) is 18.2 Å². The number of hydrogen-bond acceptors (Lipinski definition) is 4. The first-order valence-electron chi connectivity index (χ1n) is 6.15. The molecule has 4 nitrogen and oxygen atoms in total. The van der Waals surface area contributed by atoms with Crippen LogP contribution >= 0.6 is 11.8 Å². The summed E-state index contributed by atoms with van der Waals surface area (Å²) in [4.78, 5) is 12.1. The summed E-state index contributed by atoms with van der Waals surface area (Å²) in [5.74, 6) is -0.487. The molecule has 0 bridgehead atoms. The molecule has 5 heteroatoms. The zero-order valence-corrected chi connectivity index (χ0v) is 11.6. The Balaban J connectivity index is 1.85. The molecule has 104 valence electrons. The number of aromatic carboxylic acids is 1. The first kappa shape index (κ1) is 14.3. The second kappa shape index (κ2) is 6.86. The lowest BCUT2D eigenvalue weighted by molar-refractivity contribution is 0.0694. The molecule has 0 saturated heterocycles. The van der Waals surface area contributed by atoms with Crippen LogP contribution in [0.2, 0.25) is 0 Å². The minimum absolute atomic E-state index is 0.0919. The highest BCUT2D eigenvalue weighted by Crippen LogP contribution is 2.22. The fraction of sp³-hybridized carbons (Fsp3) is 0.133. The van der Waals surface area contributed by atoms with Gasteiger partial charge in [-0.2, -0.15) is 0 Å². The number of phenols is 1. The van der Waals surface area contributed by atoms with Crippen molar-refractivity contribution in [2.24, 2.45) is 0 Å². The van der Waals surface area contributed by atoms with E-state index in [0.29, 0.717) is 12.2 Å². The molecule has 2 aromatic carbocycles. The maximum atomic E-state index is 10.9. The number of benzene rings is 2. The quantitative estimate of drug-likeness (QED) is 0.432. The number of carboxylic acids is 1. The number of nitrogens with one attached hydrogen (secondary N) is 1. The smallest absolute Gasteiger partial charge is 0.339 e. The molecular weight excluding hydrogens is 274 g/mol. The van der Waals surface area contributed by atoms with Gasteiger partial charge < -0.3 is 15.5 Å². The van der Waals surface area contributed by atoms with Gasteiger partial charge in [-0.3, -0.25) is 0 Å². The van der Waals surface area contributed by atoms with E-state index in [2.05, 4.69) is 5.32 Å². The van der Waals surface area contributed by atoms with E-state index in [1.54, 1.807) is 17.8 Å². The Morgan fingerprint density at radius 3 is 2.60 bits per heavy atom. The molecule has 0 amide bonds. The van der Waals surface area contributed by atoms with Gasteiger partial charge in [0, 0.05) is 22.9 Å². The zero-order chi connectivity index (χ0) is 14.4. The van der Waals surface area contributed by atoms with Crippen LogP contribution in [-0.2, 0) is 0 Å². The topological polar surface area (TPSA) is 69.6 Å². The lowest BCUT2D eigenvalue weighted by Crippen LogP contribution is -2.05. The van der Waals surface area contributed by atoms with Crippen molar-refractivity contribution in [3.8, 4) is 5.75 Å². The molecule has 0 fully saturated rings. The molecule has 0 radical (unpaired) electrons. The van der Waals surface area contributed by atoms with Gasteiger partial charge in [0.2, 0.25) is 0 Å². The Morgan fingerprint density at radius 2 is 1.90 bits per heavy atom. The van der Waals surface area contributed by atoms with Crippen LogP contribution in [0.5, 0.6) is 5.75 Å². The fourth-order valence-electron chi connectivity index (χ4n) is 1.70. The molecule has 2 aromatic rings. The first-order valence-corrected chi connectivity index (χ1v) is 7.13. The van der Waals surface area contributed by atoms with E-state index in [4.69, 9.17) is 5.11 Å². The van der Waals surface area contributed by atoms with Crippen molar-refractivity contribution in [3.63, 3.8) is 0 Å². The van der Waals surface area contributed by atoms with Crippen LogP contribution < -0.4 is 5.32 Å². The van der Waals surface area contributed by atoms with Gasteiger partial charge in [-0.05, 0) is 30.3 Å². The Hall–Kier alpha value is -2.14. The molecular formula is C15H15NO3S. The predicted molar refractivity (Wildman–Crippen MR) is 80.7 cm³/mol. The van der Waals surface area contributed by atoms with Crippen molar-refractivity contribution in [2.75, 3.05) is 17.6 Å². The summed E-state index contributed by atoms with van der Waals surface area (Å²) >= 11 is 1.73. The van der Waals surface area contributed by atoms with Crippen LogP contribution in [0.1, 0.15) is 10.4 Å². The van der Waals surface area contributed by atoms with Gasteiger partial charge >= 0.3 is 5.97 Å². The average molecular weight is 289 g/mol. The van der Waals surface area contributed by atoms with E-state index < -0.39 is 5.97 Å². The minimum atomic E-state index is -1.13. The molecule has 0 spiro atoms. The summed E-state index contributed by atoms with van der Waals surface area (Å²) in [6.07, 6.45) is 0. The van der Waals surface area contributed by atoms with E-state index in [1.807, 2.05) is 30.3 Å². The minimum Gasteiger partial charge on any atom is -0.507 e. The summed E-state index contributed by atoms with van der Waals surface area (Å²) in [7, 11) is 0. The molecule has 0 saturated carbocycles. The molecule has 0 aliphatic carbocycles. The zero-order valence-electron chi connectivity index (χ0n) is 10.7. The number of thioether (sulfide) groups is 1. The van der Waals surface area contributed by atoms with Crippen LogP contribution in [0.15, 0.2) is 53.4 Å². The van der Waals surface area contributed by atoms with Crippen LogP contribution in [0.4, 0.5) is 5.69 Å². The first-order chi connectivity index (χ1) is 9.66. The maximum Gasteiger partial charge on any atom is 0.339 e. The summed E-state index contributed by atoms with van der Waals surface area (Å²) < 4.78 is 0. The predicted octanol–water partition coefficient (Wildman–Crippen LogP) is 3.29. The molecule has 0 aliphatic rings. The molecule has 0 aliphatic heterocycles. The third-order valence-corrected chi connectivity index (χ3v) is 3.68. The fourth-order valence-corrected chi connectivity index (χ4v) is 2.49. The van der Waals surface area contributed by atoms with Crippen LogP contribution in [0.3, 0.4) is 0 Å². The summed E-state index contributed by atoms with van der Waals surface area (Å²) in [6.45, 7) is 0.712. The lowest BCUT2D eigenvalue weighted by Gasteiger charge is -2.08. The molecule has 20 heavy (non-hydrogen) atoms. The monoisotopic (exact) mass is 289 g/mol. The highest BCUT2D eigenvalue weighted by molar-refractivity contribution is 7.99. The molecule has 3 N–H and O–H groups in total. The Bertz CT molecular complexity index is 587. The van der Waals surface area contributed by atoms with Crippen LogP contribution in [0, 0.1) is 0 Å². The van der Waals surface area contributed by atoms with Crippen molar-refractivity contribution in [3.05, 3.63) is 54.1 Å². The summed E-state index contributed by atoms with van der Waals surface area (Å²) in [6, 6.07) is 14.5. The maximum absolute atomic E-state index is 10.9. The number of rotatable bonds is 6. The number of carboxylic acid groups (broad SMARTS) is 1. The Labute approximate surface area is 121 Å². The van der Waals surface area contributed by atoms with Gasteiger partial charge in [0.05, 0.1) is 0 Å². The molecule has 0 atom stereocenters. The number of anilines is 1. The highest BCUT2D eigenvalue weighted by atomic mass is 32.2. The van der Waals surface area contributed by atoms with Gasteiger partial charge in [0.25, 0.3) is 0 Å². The molecule has 2 rings (SSSR count). The van der Waals surface area contributed by atoms with E-state index in [1.165, 1.54) is 17.0 Å². The second-order valence-corrected chi connectivity index (χ2v) is 5.29. The second-order valence-electron chi connectivity index (χ2n) is 4.13. The van der Waals surface area contributed by atoms with E-state index in [9.17, 15) is 9.90 Å². The number of hydrogen-bond donors (Lipinski definition) is 3. The molecule has 0 aromatic heterocycles. The standard InChI is InChI=1S/C15H15NO3S/c17-14-7-6-11(10-13(14)15(18)19)16-8-9-20-12-4-2-1-3-5-12/h1-7,10,16-17H,8-9H2,(H,18,19). The molecule has 0 heterocycles. The van der Waals surface area contributed by atoms with Crippen molar-refractivity contribution >= 4 is 23.4 Å². The van der Waals surface area contributed by atoms with Crippen molar-refractivity contribution < 1.29 is 15.0 Å². The SMILES string of the molecule is O=C(O)c1cc(NCCSc2ccccc2)ccc1O. The number of carbonyl (C=O) groups is 1. The van der Waals surface area contributed by atoms with E-state index >= 15 is 0 Å². The van der Waals surface area contributed by atoms with Gasteiger partial charge in [0.1, 0.15) is 11.3 Å². The number of aromatic hydroxyl groups is 1. The van der Waals surface area contributed by atoms with Crippen LogP contribution in [0.25, 0.3) is 0 Å². The normalized spacial score (nSPS) is 10.2. The van der Waals surface area contributed by atoms with Crippen LogP contribution in [-0.4, -0.2) is 28.5 Å². The van der Waals surface area contributed by atoms with E-state index in [-0.39, 0.29) is 11.3 Å². The van der Waals surface area contributed by atoms with Gasteiger partial charge in [-0.25, -0.2) is 4.79 Å². The Morgan fingerprint density at radius 1 is 1.15 bits per heavy atom. The third-order valence-electron chi connectivity index (χ3n) is 2.67. The van der Waals surface area contributed by atoms with Gasteiger partial charge in [0.15, 0.2) is 0 Å². The lowest BCUT2D eigenvalue weighted by atomic mass is 10.2. The van der Waals surface area contributed by atoms with Crippen molar-refractivity contribution in [2.45, 2.75) is 4.90 Å².